The molecule has 1 aliphatic heterocycles. The SMILES string of the molecule is Cc1nnc(SCC(=O)N2CCc3ccc([N+](=O)[O-])cc32)n1Cc1ccccc1. The smallest absolute Gasteiger partial charge is 0.271 e. The first-order chi connectivity index (χ1) is 14.0. The van der Waals surface area contributed by atoms with E-state index < -0.39 is 4.92 Å². The molecule has 0 atom stereocenters. The highest BCUT2D eigenvalue weighted by molar-refractivity contribution is 7.99. The molecule has 0 aliphatic carbocycles. The number of amides is 1. The number of nitro groups is 1. The summed E-state index contributed by atoms with van der Waals surface area (Å²) >= 11 is 1.33. The van der Waals surface area contributed by atoms with Gasteiger partial charge in [0.05, 0.1) is 22.9 Å². The van der Waals surface area contributed by atoms with Gasteiger partial charge in [-0.1, -0.05) is 48.2 Å². The van der Waals surface area contributed by atoms with Crippen molar-refractivity contribution in [3.63, 3.8) is 0 Å². The van der Waals surface area contributed by atoms with Gasteiger partial charge in [0.25, 0.3) is 5.69 Å². The van der Waals surface area contributed by atoms with Crippen molar-refractivity contribution in [1.29, 1.82) is 0 Å². The van der Waals surface area contributed by atoms with Crippen LogP contribution in [0.25, 0.3) is 0 Å². The highest BCUT2D eigenvalue weighted by Crippen LogP contribution is 2.32. The van der Waals surface area contributed by atoms with Crippen molar-refractivity contribution in [2.45, 2.75) is 25.0 Å². The summed E-state index contributed by atoms with van der Waals surface area (Å²) < 4.78 is 1.98. The lowest BCUT2D eigenvalue weighted by molar-refractivity contribution is -0.384. The van der Waals surface area contributed by atoms with E-state index in [1.54, 1.807) is 11.0 Å². The molecule has 0 spiro atoms. The number of aromatic nitrogens is 3. The van der Waals surface area contributed by atoms with Gasteiger partial charge in [0.2, 0.25) is 5.91 Å². The summed E-state index contributed by atoms with van der Waals surface area (Å²) in [6.45, 7) is 3.05. The lowest BCUT2D eigenvalue weighted by atomic mass is 10.1. The minimum Gasteiger partial charge on any atom is -0.311 e. The second-order valence-electron chi connectivity index (χ2n) is 6.76. The van der Waals surface area contributed by atoms with Crippen LogP contribution in [0, 0.1) is 17.0 Å². The molecular weight excluding hydrogens is 390 g/mol. The number of non-ortho nitro benzene ring substituents is 1. The molecule has 29 heavy (non-hydrogen) atoms. The average molecular weight is 409 g/mol. The second kappa shape index (κ2) is 8.04. The molecule has 0 bridgehead atoms. The van der Waals surface area contributed by atoms with Crippen molar-refractivity contribution >= 4 is 29.0 Å². The average Bonchev–Trinajstić information content (AvgIpc) is 3.30. The number of carbonyl (C=O) groups is 1. The Balaban J connectivity index is 1.47. The van der Waals surface area contributed by atoms with E-state index in [4.69, 9.17) is 0 Å². The molecular formula is C20H19N5O3S. The number of fused-ring (bicyclic) bond motifs is 1. The molecule has 4 rings (SSSR count). The molecule has 1 amide bonds. The van der Waals surface area contributed by atoms with Crippen LogP contribution in [0.1, 0.15) is 17.0 Å². The van der Waals surface area contributed by atoms with Gasteiger partial charge in [0, 0.05) is 18.7 Å². The standard InChI is InChI=1S/C20H19N5O3S/c1-14-21-22-20(24(14)12-15-5-3-2-4-6-15)29-13-19(26)23-10-9-16-7-8-17(25(27)28)11-18(16)23/h2-8,11H,9-10,12-13H2,1H3. The zero-order chi connectivity index (χ0) is 20.4. The van der Waals surface area contributed by atoms with Crippen LogP contribution in [0.15, 0.2) is 53.7 Å². The number of hydrogen-bond donors (Lipinski definition) is 0. The predicted octanol–water partition coefficient (Wildman–Crippen LogP) is 3.22. The van der Waals surface area contributed by atoms with Crippen LogP contribution >= 0.6 is 11.8 Å². The molecule has 1 aliphatic rings. The third-order valence-corrected chi connectivity index (χ3v) is 5.84. The molecule has 9 heteroatoms. The van der Waals surface area contributed by atoms with Crippen LogP contribution in [-0.2, 0) is 17.8 Å². The van der Waals surface area contributed by atoms with E-state index in [1.807, 2.05) is 41.8 Å². The van der Waals surface area contributed by atoms with Crippen LogP contribution in [0.4, 0.5) is 11.4 Å². The van der Waals surface area contributed by atoms with Crippen LogP contribution in [-0.4, -0.2) is 37.9 Å². The Morgan fingerprint density at radius 3 is 2.76 bits per heavy atom. The van der Waals surface area contributed by atoms with Crippen LogP contribution in [0.3, 0.4) is 0 Å². The maximum absolute atomic E-state index is 12.8. The largest absolute Gasteiger partial charge is 0.311 e. The highest BCUT2D eigenvalue weighted by atomic mass is 32.2. The van der Waals surface area contributed by atoms with E-state index in [0.29, 0.717) is 30.4 Å². The Labute approximate surface area is 171 Å². The minimum atomic E-state index is -0.440. The first-order valence-corrected chi connectivity index (χ1v) is 10.2. The topological polar surface area (TPSA) is 94.2 Å². The van der Waals surface area contributed by atoms with E-state index in [2.05, 4.69) is 10.2 Å². The van der Waals surface area contributed by atoms with E-state index in [0.717, 1.165) is 17.0 Å². The van der Waals surface area contributed by atoms with Gasteiger partial charge in [-0.25, -0.2) is 0 Å². The number of carbonyl (C=O) groups excluding carboxylic acids is 1. The van der Waals surface area contributed by atoms with Gasteiger partial charge in [-0.3, -0.25) is 14.9 Å². The third-order valence-electron chi connectivity index (χ3n) is 4.89. The molecule has 3 aromatic rings. The van der Waals surface area contributed by atoms with Gasteiger partial charge >= 0.3 is 0 Å². The first-order valence-electron chi connectivity index (χ1n) is 9.17. The van der Waals surface area contributed by atoms with E-state index in [1.165, 1.54) is 23.9 Å². The Morgan fingerprint density at radius 1 is 1.21 bits per heavy atom. The molecule has 0 saturated heterocycles. The fraction of sp³-hybridized carbons (Fsp3) is 0.250. The monoisotopic (exact) mass is 409 g/mol. The van der Waals surface area contributed by atoms with Gasteiger partial charge < -0.3 is 9.47 Å². The number of nitro benzene ring substituents is 1. The first kappa shape index (κ1) is 19.1. The highest BCUT2D eigenvalue weighted by Gasteiger charge is 2.27. The van der Waals surface area contributed by atoms with Crippen molar-refractivity contribution in [1.82, 2.24) is 14.8 Å². The van der Waals surface area contributed by atoms with Gasteiger partial charge in [0.1, 0.15) is 5.82 Å². The van der Waals surface area contributed by atoms with Crippen molar-refractivity contribution in [3.05, 3.63) is 75.6 Å². The number of hydrogen-bond acceptors (Lipinski definition) is 6. The number of anilines is 1. The zero-order valence-corrected chi connectivity index (χ0v) is 16.6. The number of thioether (sulfide) groups is 1. The van der Waals surface area contributed by atoms with Crippen molar-refractivity contribution in [2.24, 2.45) is 0 Å². The fourth-order valence-electron chi connectivity index (χ4n) is 3.36. The van der Waals surface area contributed by atoms with E-state index in [-0.39, 0.29) is 17.3 Å². The summed E-state index contributed by atoms with van der Waals surface area (Å²) in [5.74, 6) is 0.877. The Bertz CT molecular complexity index is 1070. The molecule has 2 heterocycles. The van der Waals surface area contributed by atoms with Crippen LogP contribution in [0.5, 0.6) is 0 Å². The number of nitrogens with zero attached hydrogens (tertiary/aromatic N) is 5. The summed E-state index contributed by atoms with van der Waals surface area (Å²) in [6.07, 6.45) is 0.701. The number of aryl methyl sites for hydroxylation is 1. The maximum Gasteiger partial charge on any atom is 0.271 e. The second-order valence-corrected chi connectivity index (χ2v) is 7.70. The van der Waals surface area contributed by atoms with Gasteiger partial charge in [0.15, 0.2) is 5.16 Å². The minimum absolute atomic E-state index is 0.00525. The third kappa shape index (κ3) is 4.00. The summed E-state index contributed by atoms with van der Waals surface area (Å²) in [7, 11) is 0. The molecule has 0 saturated carbocycles. The molecule has 148 valence electrons. The quantitative estimate of drug-likeness (QED) is 0.352. The number of rotatable bonds is 6. The maximum atomic E-state index is 12.8. The van der Waals surface area contributed by atoms with Crippen molar-refractivity contribution in [3.8, 4) is 0 Å². The van der Waals surface area contributed by atoms with Crippen molar-refractivity contribution < 1.29 is 9.72 Å². The van der Waals surface area contributed by atoms with Gasteiger partial charge in [-0.15, -0.1) is 10.2 Å². The zero-order valence-electron chi connectivity index (χ0n) is 15.8. The molecule has 8 nitrogen and oxygen atoms in total. The van der Waals surface area contributed by atoms with Crippen LogP contribution in [0.2, 0.25) is 0 Å². The molecule has 0 fully saturated rings. The Kier molecular flexibility index (Phi) is 5.30. The summed E-state index contributed by atoms with van der Waals surface area (Å²) in [5.41, 5.74) is 2.71. The predicted molar refractivity (Wildman–Crippen MR) is 110 cm³/mol. The molecule has 1 aromatic heterocycles. The molecule has 0 radical (unpaired) electrons. The normalized spacial score (nSPS) is 12.8. The fourth-order valence-corrected chi connectivity index (χ4v) is 4.22. The lowest BCUT2D eigenvalue weighted by Gasteiger charge is -2.17. The van der Waals surface area contributed by atoms with Crippen molar-refractivity contribution in [2.75, 3.05) is 17.2 Å². The summed E-state index contributed by atoms with van der Waals surface area (Å²) in [4.78, 5) is 25.1. The summed E-state index contributed by atoms with van der Waals surface area (Å²) in [5, 5.41) is 20.1. The van der Waals surface area contributed by atoms with E-state index >= 15 is 0 Å². The molecule has 0 N–H and O–H groups in total. The van der Waals surface area contributed by atoms with Gasteiger partial charge in [-0.05, 0) is 24.5 Å². The van der Waals surface area contributed by atoms with Crippen LogP contribution < -0.4 is 4.90 Å². The van der Waals surface area contributed by atoms with E-state index in [9.17, 15) is 14.9 Å². The molecule has 0 unspecified atom stereocenters. The Morgan fingerprint density at radius 2 is 2.00 bits per heavy atom. The Hall–Kier alpha value is -3.20. The number of benzene rings is 2. The van der Waals surface area contributed by atoms with Gasteiger partial charge in [-0.2, -0.15) is 0 Å². The lowest BCUT2D eigenvalue weighted by Crippen LogP contribution is -2.30. The summed E-state index contributed by atoms with van der Waals surface area (Å²) in [6, 6.07) is 14.7. The molecule has 2 aromatic carbocycles.